The van der Waals surface area contributed by atoms with E-state index >= 15 is 0 Å². The summed E-state index contributed by atoms with van der Waals surface area (Å²) in [5, 5.41) is 5.12. The predicted octanol–water partition coefficient (Wildman–Crippen LogP) is 2.01. The molecule has 0 saturated carbocycles. The monoisotopic (exact) mass is 391 g/mol. The standard InChI is InChI=1S/C12H10BrNO5S2/c13-9-6-4-8(5-7-9)12-10(20(14,15)16)2-1-3-11(12)21(17,18)19/h1-7H,(H2,14,15,16)(H,17,18,19). The summed E-state index contributed by atoms with van der Waals surface area (Å²) in [4.78, 5) is -0.892. The van der Waals surface area contributed by atoms with E-state index in [0.717, 1.165) is 10.5 Å². The average Bonchev–Trinajstić information content (AvgIpc) is 2.37. The maximum absolute atomic E-state index is 11.7. The summed E-state index contributed by atoms with van der Waals surface area (Å²) in [5.41, 5.74) is 0.144. The number of hydrogen-bond acceptors (Lipinski definition) is 4. The number of benzene rings is 2. The first-order valence-corrected chi connectivity index (χ1v) is 9.28. The highest BCUT2D eigenvalue weighted by Crippen LogP contribution is 2.33. The Labute approximate surface area is 130 Å². The van der Waals surface area contributed by atoms with Crippen LogP contribution in [0.15, 0.2) is 56.7 Å². The minimum atomic E-state index is -4.61. The SMILES string of the molecule is NS(=O)(=O)c1cccc(S(=O)(=O)O)c1-c1ccc(Br)cc1. The fraction of sp³-hybridized carbons (Fsp3) is 0. The maximum atomic E-state index is 11.7. The van der Waals surface area contributed by atoms with Crippen LogP contribution in [0.1, 0.15) is 0 Å². The Morgan fingerprint density at radius 2 is 1.43 bits per heavy atom. The van der Waals surface area contributed by atoms with Crippen LogP contribution in [-0.2, 0) is 20.1 Å². The summed E-state index contributed by atoms with van der Waals surface area (Å²) in [6.07, 6.45) is 0. The number of primary sulfonamides is 1. The average molecular weight is 392 g/mol. The first-order valence-electron chi connectivity index (χ1n) is 5.50. The second-order valence-electron chi connectivity index (χ2n) is 4.16. The van der Waals surface area contributed by atoms with E-state index in [1.165, 1.54) is 24.3 Å². The molecule has 0 aliphatic carbocycles. The van der Waals surface area contributed by atoms with Crippen molar-refractivity contribution in [2.45, 2.75) is 9.79 Å². The first-order chi connectivity index (χ1) is 9.60. The van der Waals surface area contributed by atoms with Gasteiger partial charge in [0.05, 0.1) is 4.90 Å². The van der Waals surface area contributed by atoms with Gasteiger partial charge in [-0.05, 0) is 29.8 Å². The second-order valence-corrected chi connectivity index (χ2v) is 7.99. The largest absolute Gasteiger partial charge is 0.295 e. The molecule has 0 atom stereocenters. The van der Waals surface area contributed by atoms with Crippen LogP contribution in [0.25, 0.3) is 11.1 Å². The molecule has 0 unspecified atom stereocenters. The van der Waals surface area contributed by atoms with E-state index in [1.807, 2.05) is 0 Å². The van der Waals surface area contributed by atoms with Crippen LogP contribution < -0.4 is 5.14 Å². The van der Waals surface area contributed by atoms with Crippen molar-refractivity contribution in [3.63, 3.8) is 0 Å². The Morgan fingerprint density at radius 3 is 1.90 bits per heavy atom. The van der Waals surface area contributed by atoms with Gasteiger partial charge in [0, 0.05) is 10.0 Å². The molecule has 0 fully saturated rings. The third kappa shape index (κ3) is 3.50. The van der Waals surface area contributed by atoms with Gasteiger partial charge in [-0.1, -0.05) is 34.1 Å². The van der Waals surface area contributed by atoms with Crippen molar-refractivity contribution in [1.82, 2.24) is 0 Å². The lowest BCUT2D eigenvalue weighted by atomic mass is 10.1. The number of halogens is 1. The van der Waals surface area contributed by atoms with Crippen molar-refractivity contribution in [3.05, 3.63) is 46.9 Å². The fourth-order valence-corrected chi connectivity index (χ4v) is 3.71. The number of rotatable bonds is 3. The van der Waals surface area contributed by atoms with E-state index < -0.39 is 25.0 Å². The van der Waals surface area contributed by atoms with Crippen molar-refractivity contribution in [2.24, 2.45) is 5.14 Å². The highest BCUT2D eigenvalue weighted by Gasteiger charge is 2.24. The van der Waals surface area contributed by atoms with Crippen molar-refractivity contribution in [2.75, 3.05) is 0 Å². The third-order valence-corrected chi connectivity index (χ3v) is 5.08. The minimum Gasteiger partial charge on any atom is -0.282 e. The molecule has 0 aliphatic heterocycles. The molecule has 2 rings (SSSR count). The van der Waals surface area contributed by atoms with Gasteiger partial charge in [-0.25, -0.2) is 13.6 Å². The third-order valence-electron chi connectivity index (χ3n) is 2.71. The molecule has 0 saturated heterocycles. The van der Waals surface area contributed by atoms with Crippen LogP contribution in [0, 0.1) is 0 Å². The second kappa shape index (κ2) is 5.50. The Bertz CT molecular complexity index is 839. The Morgan fingerprint density at radius 1 is 0.905 bits per heavy atom. The van der Waals surface area contributed by atoms with Gasteiger partial charge in [0.1, 0.15) is 4.90 Å². The molecule has 0 heterocycles. The molecule has 0 spiro atoms. The van der Waals surface area contributed by atoms with Crippen molar-refractivity contribution in [3.8, 4) is 11.1 Å². The number of nitrogens with two attached hydrogens (primary N) is 1. The lowest BCUT2D eigenvalue weighted by molar-refractivity contribution is 0.483. The zero-order valence-electron chi connectivity index (χ0n) is 10.4. The van der Waals surface area contributed by atoms with Gasteiger partial charge in [-0.3, -0.25) is 4.55 Å². The lowest BCUT2D eigenvalue weighted by Crippen LogP contribution is -2.15. The molecule has 112 valence electrons. The first kappa shape index (κ1) is 16.1. The van der Waals surface area contributed by atoms with Crippen LogP contribution in [-0.4, -0.2) is 21.4 Å². The van der Waals surface area contributed by atoms with Crippen molar-refractivity contribution < 1.29 is 21.4 Å². The highest BCUT2D eigenvalue weighted by molar-refractivity contribution is 9.10. The van der Waals surface area contributed by atoms with Crippen LogP contribution >= 0.6 is 15.9 Å². The normalized spacial score (nSPS) is 12.3. The summed E-state index contributed by atoms with van der Waals surface area (Å²) < 4.78 is 56.3. The molecule has 2 aromatic rings. The van der Waals surface area contributed by atoms with Crippen molar-refractivity contribution >= 4 is 36.1 Å². The van der Waals surface area contributed by atoms with E-state index in [2.05, 4.69) is 15.9 Å². The molecule has 21 heavy (non-hydrogen) atoms. The van der Waals surface area contributed by atoms with Crippen molar-refractivity contribution in [1.29, 1.82) is 0 Å². The van der Waals surface area contributed by atoms with Crippen LogP contribution in [0.2, 0.25) is 0 Å². The van der Waals surface area contributed by atoms with E-state index in [9.17, 15) is 21.4 Å². The topological polar surface area (TPSA) is 115 Å². The molecule has 0 aromatic heterocycles. The van der Waals surface area contributed by atoms with Gasteiger partial charge in [0.15, 0.2) is 0 Å². The van der Waals surface area contributed by atoms with Gasteiger partial charge in [0.2, 0.25) is 10.0 Å². The number of sulfonamides is 1. The molecule has 2 aromatic carbocycles. The van der Waals surface area contributed by atoms with Gasteiger partial charge < -0.3 is 0 Å². The zero-order valence-corrected chi connectivity index (χ0v) is 13.6. The maximum Gasteiger partial charge on any atom is 0.295 e. The molecular weight excluding hydrogens is 382 g/mol. The highest BCUT2D eigenvalue weighted by atomic mass is 79.9. The van der Waals surface area contributed by atoms with E-state index in [4.69, 9.17) is 5.14 Å². The Hall–Kier alpha value is -1.26. The zero-order chi connectivity index (χ0) is 15.8. The quantitative estimate of drug-likeness (QED) is 0.776. The lowest BCUT2D eigenvalue weighted by Gasteiger charge is -2.12. The molecule has 3 N–H and O–H groups in total. The summed E-state index contributed by atoms with van der Waals surface area (Å²) in [5.74, 6) is 0. The van der Waals surface area contributed by atoms with Crippen LogP contribution in [0.4, 0.5) is 0 Å². The van der Waals surface area contributed by atoms with E-state index in [1.54, 1.807) is 12.1 Å². The molecule has 0 amide bonds. The molecule has 9 heteroatoms. The molecule has 0 radical (unpaired) electrons. The Balaban J connectivity index is 2.92. The minimum absolute atomic E-state index is 0.157. The van der Waals surface area contributed by atoms with E-state index in [-0.39, 0.29) is 10.5 Å². The molecule has 0 aliphatic rings. The molecular formula is C12H10BrNO5S2. The smallest absolute Gasteiger partial charge is 0.282 e. The van der Waals surface area contributed by atoms with Crippen LogP contribution in [0.3, 0.4) is 0 Å². The molecule has 0 bridgehead atoms. The molecule has 6 nitrogen and oxygen atoms in total. The van der Waals surface area contributed by atoms with Gasteiger partial charge in [0.25, 0.3) is 10.1 Å². The number of hydrogen-bond donors (Lipinski definition) is 2. The summed E-state index contributed by atoms with van der Waals surface area (Å²) in [7, 11) is -8.77. The van der Waals surface area contributed by atoms with Crippen LogP contribution in [0.5, 0.6) is 0 Å². The van der Waals surface area contributed by atoms with Gasteiger partial charge in [-0.15, -0.1) is 0 Å². The van der Waals surface area contributed by atoms with E-state index in [0.29, 0.717) is 5.56 Å². The fourth-order valence-electron chi connectivity index (χ4n) is 1.86. The Kier molecular flexibility index (Phi) is 4.22. The summed E-state index contributed by atoms with van der Waals surface area (Å²) in [6, 6.07) is 9.76. The van der Waals surface area contributed by atoms with Gasteiger partial charge in [-0.2, -0.15) is 8.42 Å². The van der Waals surface area contributed by atoms with Gasteiger partial charge >= 0.3 is 0 Å². The summed E-state index contributed by atoms with van der Waals surface area (Å²) >= 11 is 3.22. The summed E-state index contributed by atoms with van der Waals surface area (Å²) in [6.45, 7) is 0. The predicted molar refractivity (Wildman–Crippen MR) is 80.8 cm³/mol.